The van der Waals surface area contributed by atoms with Crippen molar-refractivity contribution in [2.45, 2.75) is 13.8 Å². The monoisotopic (exact) mass is 571 g/mol. The largest absolute Gasteiger partial charge is 0.302 e. The van der Waals surface area contributed by atoms with Crippen molar-refractivity contribution in [2.75, 3.05) is 4.90 Å². The van der Waals surface area contributed by atoms with Crippen molar-refractivity contribution < 1.29 is 0 Å². The van der Waals surface area contributed by atoms with Gasteiger partial charge in [0.25, 0.3) is 0 Å². The van der Waals surface area contributed by atoms with Crippen LogP contribution in [0.1, 0.15) is 11.1 Å². The van der Waals surface area contributed by atoms with E-state index in [9.17, 15) is 9.59 Å². The number of aryl methyl sites for hydroxylation is 2. The van der Waals surface area contributed by atoms with Crippen LogP contribution in [0.4, 0.5) is 22.2 Å². The maximum absolute atomic E-state index is 12.9. The molecule has 9 heteroatoms. The number of hydrogen-bond acceptors (Lipinski definition) is 9. The maximum atomic E-state index is 12.9. The van der Waals surface area contributed by atoms with E-state index in [4.69, 9.17) is 0 Å². The van der Waals surface area contributed by atoms with E-state index in [-0.39, 0.29) is 11.2 Å². The van der Waals surface area contributed by atoms with E-state index in [1.54, 1.807) is 41.8 Å². The van der Waals surface area contributed by atoms with E-state index < -0.39 is 10.9 Å². The van der Waals surface area contributed by atoms with E-state index >= 15 is 0 Å². The predicted octanol–water partition coefficient (Wildman–Crippen LogP) is 6.88. The highest BCUT2D eigenvalue weighted by Gasteiger charge is 2.19. The van der Waals surface area contributed by atoms with Crippen LogP contribution < -0.4 is 21.1 Å². The van der Waals surface area contributed by atoms with Gasteiger partial charge in [-0.3, -0.25) is 9.59 Å². The summed E-state index contributed by atoms with van der Waals surface area (Å²) in [7, 11) is 0. The number of anilines is 3. The maximum Gasteiger partial charge on any atom is 0.216 e. The first kappa shape index (κ1) is 25.1. The molecule has 0 N–H and O–H groups in total. The lowest BCUT2D eigenvalue weighted by Crippen LogP contribution is -2.31. The normalized spacial score (nSPS) is 11.4. The molecule has 0 bridgehead atoms. The zero-order chi connectivity index (χ0) is 28.1. The van der Waals surface area contributed by atoms with Gasteiger partial charge >= 0.3 is 0 Å². The van der Waals surface area contributed by atoms with E-state index in [1.165, 1.54) is 11.1 Å². The van der Waals surface area contributed by atoms with Crippen LogP contribution in [0.5, 0.6) is 0 Å². The van der Waals surface area contributed by atoms with Gasteiger partial charge in [-0.15, -0.1) is 11.3 Å². The number of rotatable bonds is 5. The minimum absolute atomic E-state index is 0.147. The fourth-order valence-electron chi connectivity index (χ4n) is 4.85. The predicted molar refractivity (Wildman–Crippen MR) is 167 cm³/mol. The van der Waals surface area contributed by atoms with Crippen molar-refractivity contribution in [2.24, 2.45) is 4.99 Å². The van der Waals surface area contributed by atoms with Crippen LogP contribution in [0.25, 0.3) is 32.2 Å². The number of fused-ring (bicyclic) bond motifs is 2. The third-order valence-electron chi connectivity index (χ3n) is 7.00. The van der Waals surface area contributed by atoms with E-state index in [1.807, 2.05) is 0 Å². The van der Waals surface area contributed by atoms with Gasteiger partial charge in [0.15, 0.2) is 11.2 Å². The first-order chi connectivity index (χ1) is 20.0. The molecule has 0 saturated heterocycles. The summed E-state index contributed by atoms with van der Waals surface area (Å²) in [6, 6.07) is 27.8. The molecule has 0 fully saturated rings. The quantitative estimate of drug-likeness (QED) is 0.224. The van der Waals surface area contributed by atoms with Crippen LogP contribution in [0.3, 0.4) is 0 Å². The van der Waals surface area contributed by atoms with Crippen LogP contribution in [0.2, 0.25) is 0 Å². The smallest absolute Gasteiger partial charge is 0.216 e. The lowest BCUT2D eigenvalue weighted by molar-refractivity contribution is 1.22. The molecule has 41 heavy (non-hydrogen) atoms. The molecule has 0 atom stereocenters. The van der Waals surface area contributed by atoms with Crippen LogP contribution >= 0.6 is 23.1 Å². The van der Waals surface area contributed by atoms with Crippen molar-refractivity contribution >= 4 is 67.1 Å². The van der Waals surface area contributed by atoms with Gasteiger partial charge in [0.1, 0.15) is 16.0 Å². The molecule has 0 radical (unpaired) electrons. The van der Waals surface area contributed by atoms with Crippen molar-refractivity contribution in [3.63, 3.8) is 0 Å². The second-order valence-electron chi connectivity index (χ2n) is 9.77. The zero-order valence-electron chi connectivity index (χ0n) is 22.0. The van der Waals surface area contributed by atoms with E-state index in [2.05, 4.69) is 98.1 Å². The molecule has 7 nitrogen and oxygen atoms in total. The molecule has 0 aliphatic carbocycles. The second-order valence-corrected chi connectivity index (χ2v) is 11.4. The molecule has 0 aliphatic rings. The van der Waals surface area contributed by atoms with Crippen molar-refractivity contribution in [3.05, 3.63) is 128 Å². The molecule has 0 unspecified atom stereocenters. The number of aromatic nitrogens is 3. The Morgan fingerprint density at radius 2 is 1.29 bits per heavy atom. The molecule has 7 aromatic rings. The lowest BCUT2D eigenvalue weighted by Gasteiger charge is -2.24. The topological polar surface area (TPSA) is 88.4 Å². The minimum atomic E-state index is -0.400. The summed E-state index contributed by atoms with van der Waals surface area (Å²) in [4.78, 5) is 37.9. The Morgan fingerprint density at radius 1 is 0.707 bits per heavy atom. The Kier molecular flexibility index (Phi) is 6.10. The van der Waals surface area contributed by atoms with Crippen molar-refractivity contribution in [1.29, 1.82) is 0 Å². The molecule has 0 aliphatic heterocycles. The summed E-state index contributed by atoms with van der Waals surface area (Å²) in [5.74, 6) is 0.208. The third-order valence-corrected chi connectivity index (χ3v) is 8.63. The number of thiophene rings is 1. The fourth-order valence-corrected chi connectivity index (χ4v) is 6.47. The number of hydrogen-bond donors (Lipinski definition) is 0. The highest BCUT2D eigenvalue weighted by Crippen LogP contribution is 2.43. The first-order valence-electron chi connectivity index (χ1n) is 12.9. The van der Waals surface area contributed by atoms with Crippen molar-refractivity contribution in [3.8, 4) is 10.4 Å². The first-order valence-corrected chi connectivity index (χ1v) is 14.4. The molecule has 7 rings (SSSR count). The Labute approximate surface area is 242 Å². The van der Waals surface area contributed by atoms with Crippen LogP contribution in [0.15, 0.2) is 106 Å². The van der Waals surface area contributed by atoms with Gasteiger partial charge in [0.2, 0.25) is 10.9 Å². The summed E-state index contributed by atoms with van der Waals surface area (Å²) in [5.41, 5.74) is 5.62. The van der Waals surface area contributed by atoms with Gasteiger partial charge < -0.3 is 4.90 Å². The summed E-state index contributed by atoms with van der Waals surface area (Å²) >= 11 is 2.67. The molecule has 3 heterocycles. The Bertz CT molecular complexity index is 2130. The molecule has 0 spiro atoms. The Hall–Kier alpha value is -4.86. The molecule has 0 saturated carbocycles. The average molecular weight is 572 g/mol. The molecular weight excluding hydrogens is 551 g/mol. The number of nitrogens with zero attached hydrogens (tertiary/aromatic N) is 5. The number of pyridine rings is 1. The van der Waals surface area contributed by atoms with Crippen LogP contribution in [0, 0.1) is 13.8 Å². The second kappa shape index (κ2) is 9.96. The van der Waals surface area contributed by atoms with Crippen molar-refractivity contribution in [1.82, 2.24) is 13.7 Å². The van der Waals surface area contributed by atoms with Gasteiger partial charge in [-0.25, -0.2) is 9.98 Å². The fraction of sp³-hybridized carbons (Fsp3) is 0.0625. The highest BCUT2D eigenvalue weighted by molar-refractivity contribution is 7.19. The van der Waals surface area contributed by atoms with E-state index in [0.717, 1.165) is 38.5 Å². The molecule has 4 aromatic carbocycles. The van der Waals surface area contributed by atoms with Crippen LogP contribution in [-0.4, -0.2) is 13.7 Å². The van der Waals surface area contributed by atoms with Gasteiger partial charge in [-0.2, -0.15) is 8.75 Å². The standard InChI is InChI=1S/C32H21N5O2S2/c1-18-7-11-20(12-8-18)37(21-13-9-19(2)10-14-21)26-16-15-25(40-26)24-17-33-32(28-27(24)35-41-36-28)34-29-30(38)22-5-3-4-6-23(22)31(29)39/h3-17H,1-2H3. The summed E-state index contributed by atoms with van der Waals surface area (Å²) in [6.45, 7) is 4.16. The van der Waals surface area contributed by atoms with Gasteiger partial charge in [-0.05, 0) is 50.2 Å². The number of benzene rings is 3. The summed E-state index contributed by atoms with van der Waals surface area (Å²) < 4.78 is 8.97. The average Bonchev–Trinajstić information content (AvgIpc) is 3.73. The molecule has 3 aromatic heterocycles. The summed E-state index contributed by atoms with van der Waals surface area (Å²) in [5, 5.41) is 1.61. The third kappa shape index (κ3) is 4.35. The van der Waals surface area contributed by atoms with Crippen LogP contribution in [-0.2, 0) is 0 Å². The molecular formula is C32H21N5O2S2. The molecule has 198 valence electrons. The zero-order valence-corrected chi connectivity index (χ0v) is 23.7. The lowest BCUT2D eigenvalue weighted by atomic mass is 10.1. The Balaban J connectivity index is 1.33. The minimum Gasteiger partial charge on any atom is -0.302 e. The summed E-state index contributed by atoms with van der Waals surface area (Å²) in [6.07, 6.45) is 1.69. The van der Waals surface area contributed by atoms with E-state index in [0.29, 0.717) is 21.8 Å². The highest BCUT2D eigenvalue weighted by atomic mass is 32.1. The van der Waals surface area contributed by atoms with Gasteiger partial charge in [0, 0.05) is 38.8 Å². The molecule has 0 amide bonds. The Morgan fingerprint density at radius 3 is 1.90 bits per heavy atom. The van der Waals surface area contributed by atoms with Gasteiger partial charge in [0.05, 0.1) is 11.7 Å². The SMILES string of the molecule is Cc1ccc(N(c2ccc(C)cc2)c2ccc(-c3cnc(N=c4c(=O)c5ccccc5c4=O)c4nsnc34)s2)cc1. The van der Waals surface area contributed by atoms with Gasteiger partial charge in [-0.1, -0.05) is 59.7 Å².